The van der Waals surface area contributed by atoms with Crippen molar-refractivity contribution in [2.75, 3.05) is 13.6 Å². The summed E-state index contributed by atoms with van der Waals surface area (Å²) in [6.07, 6.45) is 5.51. The van der Waals surface area contributed by atoms with Gasteiger partial charge in [-0.2, -0.15) is 0 Å². The molecule has 2 aromatic carbocycles. The van der Waals surface area contributed by atoms with Crippen molar-refractivity contribution in [2.24, 2.45) is 0 Å². The van der Waals surface area contributed by atoms with Crippen LogP contribution in [0.2, 0.25) is 0 Å². The number of aryl methyl sites for hydroxylation is 1. The van der Waals surface area contributed by atoms with Gasteiger partial charge >= 0.3 is 0 Å². The van der Waals surface area contributed by atoms with Crippen LogP contribution in [0.4, 0.5) is 0 Å². The highest BCUT2D eigenvalue weighted by Gasteiger charge is 2.28. The summed E-state index contributed by atoms with van der Waals surface area (Å²) >= 11 is 1.84. The van der Waals surface area contributed by atoms with Gasteiger partial charge in [0.05, 0.1) is 10.5 Å². The van der Waals surface area contributed by atoms with Crippen LogP contribution in [0, 0.1) is 6.92 Å². The molecule has 1 heterocycles. The number of thioether (sulfide) groups is 1. The van der Waals surface area contributed by atoms with Crippen molar-refractivity contribution < 1.29 is 13.2 Å². The summed E-state index contributed by atoms with van der Waals surface area (Å²) in [5.41, 5.74) is 3.58. The average Bonchev–Trinajstić information content (AvgIpc) is 3.26. The van der Waals surface area contributed by atoms with Crippen LogP contribution < -0.4 is 4.72 Å². The highest BCUT2D eigenvalue weighted by Crippen LogP contribution is 2.37. The van der Waals surface area contributed by atoms with Crippen LogP contribution in [0.15, 0.2) is 46.2 Å². The van der Waals surface area contributed by atoms with Crippen molar-refractivity contribution >= 4 is 27.7 Å². The van der Waals surface area contributed by atoms with Gasteiger partial charge in [0.25, 0.3) is 5.91 Å². The lowest BCUT2D eigenvalue weighted by Crippen LogP contribution is -2.37. The monoisotopic (exact) mass is 444 g/mol. The number of nitrogens with zero attached hydrogens (tertiary/aromatic N) is 1. The number of hydrogen-bond acceptors (Lipinski definition) is 4. The summed E-state index contributed by atoms with van der Waals surface area (Å²) in [5, 5.41) is 0.593. The van der Waals surface area contributed by atoms with E-state index < -0.39 is 10.0 Å². The molecule has 1 amide bonds. The predicted octanol–water partition coefficient (Wildman–Crippen LogP) is 4.14. The van der Waals surface area contributed by atoms with E-state index in [9.17, 15) is 13.2 Å². The van der Waals surface area contributed by atoms with Crippen molar-refractivity contribution in [3.63, 3.8) is 0 Å². The van der Waals surface area contributed by atoms with Gasteiger partial charge in [-0.25, -0.2) is 13.1 Å². The first-order chi connectivity index (χ1) is 14.4. The van der Waals surface area contributed by atoms with Crippen LogP contribution >= 0.6 is 11.8 Å². The van der Waals surface area contributed by atoms with Crippen molar-refractivity contribution in [3.05, 3.63) is 58.7 Å². The molecule has 0 spiro atoms. The molecule has 0 radical (unpaired) electrons. The van der Waals surface area contributed by atoms with E-state index in [4.69, 9.17) is 0 Å². The van der Waals surface area contributed by atoms with Gasteiger partial charge in [0.1, 0.15) is 0 Å². The zero-order valence-electron chi connectivity index (χ0n) is 17.5. The molecule has 5 nitrogen and oxygen atoms in total. The lowest BCUT2D eigenvalue weighted by molar-refractivity contribution is 0.0730. The fourth-order valence-electron chi connectivity index (χ4n) is 4.38. The zero-order chi connectivity index (χ0) is 21.3. The van der Waals surface area contributed by atoms with Gasteiger partial charge in [-0.3, -0.25) is 4.79 Å². The summed E-state index contributed by atoms with van der Waals surface area (Å²) in [7, 11) is -2.09. The van der Waals surface area contributed by atoms with Gasteiger partial charge in [-0.1, -0.05) is 36.6 Å². The number of carbonyl (C=O) groups is 1. The van der Waals surface area contributed by atoms with Crippen LogP contribution in [-0.2, 0) is 23.0 Å². The summed E-state index contributed by atoms with van der Waals surface area (Å²) < 4.78 is 27.1. The molecule has 30 heavy (non-hydrogen) atoms. The summed E-state index contributed by atoms with van der Waals surface area (Å²) in [4.78, 5) is 16.7. The van der Waals surface area contributed by atoms with Crippen molar-refractivity contribution in [1.82, 2.24) is 9.62 Å². The first kappa shape index (κ1) is 21.4. The molecule has 160 valence electrons. The number of benzene rings is 2. The highest BCUT2D eigenvalue weighted by atomic mass is 32.2. The molecular formula is C23H28N2O3S2. The molecule has 1 aliphatic heterocycles. The standard InChI is InChI=1S/C23H28N2O3S2/c1-16-10-11-21(29-18-7-3-4-8-18)20(14-16)23(26)25-13-12-19-17(15-25)6-5-9-22(19)30(27,28)24-2/h5-6,9-11,14,18,24H,3-4,7-8,12-13,15H2,1-2H3. The van der Waals surface area contributed by atoms with Crippen LogP contribution in [0.1, 0.15) is 52.7 Å². The van der Waals surface area contributed by atoms with Crippen LogP contribution in [0.5, 0.6) is 0 Å². The molecular weight excluding hydrogens is 416 g/mol. The van der Waals surface area contributed by atoms with Gasteiger partial charge in [-0.05, 0) is 62.6 Å². The van der Waals surface area contributed by atoms with Crippen molar-refractivity contribution in [2.45, 2.75) is 60.6 Å². The molecule has 1 saturated carbocycles. The lowest BCUT2D eigenvalue weighted by atomic mass is 9.99. The number of hydrogen-bond donors (Lipinski definition) is 1. The number of nitrogens with one attached hydrogen (secondary N) is 1. The fourth-order valence-corrected chi connectivity index (χ4v) is 6.76. The molecule has 2 aliphatic rings. The third kappa shape index (κ3) is 4.29. The molecule has 0 aromatic heterocycles. The molecule has 1 aliphatic carbocycles. The smallest absolute Gasteiger partial charge is 0.255 e. The average molecular weight is 445 g/mol. The molecule has 1 N–H and O–H groups in total. The summed E-state index contributed by atoms with van der Waals surface area (Å²) in [5.74, 6) is 0.0340. The maximum absolute atomic E-state index is 13.5. The predicted molar refractivity (Wildman–Crippen MR) is 120 cm³/mol. The zero-order valence-corrected chi connectivity index (χ0v) is 19.1. The molecule has 0 saturated heterocycles. The Balaban J connectivity index is 1.60. The molecule has 7 heteroatoms. The van der Waals surface area contributed by atoms with E-state index >= 15 is 0 Å². The number of sulfonamides is 1. The highest BCUT2D eigenvalue weighted by molar-refractivity contribution is 8.00. The Morgan fingerprint density at radius 2 is 1.93 bits per heavy atom. The van der Waals surface area contributed by atoms with Gasteiger partial charge in [0.15, 0.2) is 0 Å². The maximum atomic E-state index is 13.5. The topological polar surface area (TPSA) is 66.5 Å². The van der Waals surface area contributed by atoms with E-state index in [2.05, 4.69) is 16.9 Å². The molecule has 0 unspecified atom stereocenters. The lowest BCUT2D eigenvalue weighted by Gasteiger charge is -2.31. The molecule has 0 atom stereocenters. The number of amides is 1. The Morgan fingerprint density at radius 1 is 1.17 bits per heavy atom. The van der Waals surface area contributed by atoms with E-state index in [1.807, 2.05) is 35.7 Å². The quantitative estimate of drug-likeness (QED) is 0.753. The number of carbonyl (C=O) groups excluding carboxylic acids is 1. The first-order valence-corrected chi connectivity index (χ1v) is 12.9. The maximum Gasteiger partial charge on any atom is 0.255 e. The summed E-state index contributed by atoms with van der Waals surface area (Å²) in [6.45, 7) is 2.97. The minimum absolute atomic E-state index is 0.0340. The van der Waals surface area contributed by atoms with E-state index in [-0.39, 0.29) is 5.91 Å². The Morgan fingerprint density at radius 3 is 2.67 bits per heavy atom. The molecule has 4 rings (SSSR count). The van der Waals surface area contributed by atoms with Gasteiger partial charge in [-0.15, -0.1) is 11.8 Å². The third-order valence-electron chi connectivity index (χ3n) is 6.03. The van der Waals surface area contributed by atoms with Gasteiger partial charge < -0.3 is 4.90 Å². The second-order valence-corrected chi connectivity index (χ2v) is 11.3. The van der Waals surface area contributed by atoms with Crippen LogP contribution in [0.3, 0.4) is 0 Å². The fraction of sp³-hybridized carbons (Fsp3) is 0.435. The van der Waals surface area contributed by atoms with E-state index in [1.54, 1.807) is 12.1 Å². The van der Waals surface area contributed by atoms with E-state index in [0.29, 0.717) is 29.7 Å². The Bertz CT molecular complexity index is 1060. The van der Waals surface area contributed by atoms with Crippen LogP contribution in [0.25, 0.3) is 0 Å². The SMILES string of the molecule is CNS(=O)(=O)c1cccc2c1CCN(C(=O)c1cc(C)ccc1SC1CCCC1)C2. The Hall–Kier alpha value is -1.83. The molecule has 1 fully saturated rings. The normalized spacial score (nSPS) is 17.2. The largest absolute Gasteiger partial charge is 0.334 e. The summed E-state index contributed by atoms with van der Waals surface area (Å²) in [6, 6.07) is 11.5. The van der Waals surface area contributed by atoms with E-state index in [0.717, 1.165) is 27.1 Å². The minimum atomic E-state index is -3.51. The van der Waals surface area contributed by atoms with Crippen LogP contribution in [-0.4, -0.2) is 38.1 Å². The Labute approximate surface area is 183 Å². The minimum Gasteiger partial charge on any atom is -0.334 e. The van der Waals surface area contributed by atoms with Gasteiger partial charge in [0, 0.05) is 23.2 Å². The second-order valence-electron chi connectivity index (χ2n) is 8.10. The van der Waals surface area contributed by atoms with E-state index in [1.165, 1.54) is 32.7 Å². The van der Waals surface area contributed by atoms with Crippen molar-refractivity contribution in [1.29, 1.82) is 0 Å². The molecule has 0 bridgehead atoms. The molecule has 2 aromatic rings. The number of fused-ring (bicyclic) bond motifs is 1. The van der Waals surface area contributed by atoms with Gasteiger partial charge in [0.2, 0.25) is 10.0 Å². The third-order valence-corrected chi connectivity index (χ3v) is 8.94. The second kappa shape index (κ2) is 8.73. The Kier molecular flexibility index (Phi) is 6.23. The van der Waals surface area contributed by atoms with Crippen molar-refractivity contribution in [3.8, 4) is 0 Å². The first-order valence-electron chi connectivity index (χ1n) is 10.5. The number of rotatable bonds is 5.